The second-order valence-electron chi connectivity index (χ2n) is 3.94. The lowest BCUT2D eigenvalue weighted by atomic mass is 10.0. The molecule has 0 fully saturated rings. The van der Waals surface area contributed by atoms with Crippen LogP contribution in [0.5, 0.6) is 0 Å². The van der Waals surface area contributed by atoms with Crippen molar-refractivity contribution in [3.63, 3.8) is 0 Å². The van der Waals surface area contributed by atoms with Gasteiger partial charge in [-0.1, -0.05) is 23.4 Å². The zero-order valence-electron chi connectivity index (χ0n) is 10.2. The molecule has 1 heterocycles. The average Bonchev–Trinajstić information content (AvgIpc) is 2.86. The maximum absolute atomic E-state index is 12.9. The number of carbonyl (C=O) groups is 1. The van der Waals surface area contributed by atoms with Crippen molar-refractivity contribution in [2.45, 2.75) is 12.6 Å². The number of benzene rings is 1. The summed E-state index contributed by atoms with van der Waals surface area (Å²) in [5.74, 6) is 0.0347. The third kappa shape index (κ3) is 2.98. The van der Waals surface area contributed by atoms with Crippen molar-refractivity contribution in [2.75, 3.05) is 6.61 Å². The molecular weight excluding hydrogens is 275 g/mol. The predicted octanol–water partition coefficient (Wildman–Crippen LogP) is 3.08. The molecule has 0 saturated heterocycles. The first kappa shape index (κ1) is 14.1. The molecule has 0 unspecified atom stereocenters. The van der Waals surface area contributed by atoms with Crippen LogP contribution in [0.15, 0.2) is 35.0 Å². The van der Waals surface area contributed by atoms with E-state index in [9.17, 15) is 18.0 Å². The smallest absolute Gasteiger partial charge is 0.417 e. The minimum Gasteiger partial charge on any atom is -0.468 e. The lowest BCUT2D eigenvalue weighted by Crippen LogP contribution is -2.07. The highest BCUT2D eigenvalue weighted by Gasteiger charge is 2.34. The molecule has 0 aliphatic carbocycles. The Kier molecular flexibility index (Phi) is 4.07. The minimum absolute atomic E-state index is 0.0347. The Morgan fingerprint density at radius 3 is 2.75 bits per heavy atom. The summed E-state index contributed by atoms with van der Waals surface area (Å²) in [4.78, 5) is 10.1. The first-order valence-corrected chi connectivity index (χ1v) is 5.69. The molecule has 1 aromatic heterocycles. The molecule has 20 heavy (non-hydrogen) atoms. The summed E-state index contributed by atoms with van der Waals surface area (Å²) < 4.78 is 48.3. The third-order valence-electron chi connectivity index (χ3n) is 2.68. The summed E-state index contributed by atoms with van der Waals surface area (Å²) >= 11 is 0. The number of rotatable bonds is 5. The Bertz CT molecular complexity index is 593. The van der Waals surface area contributed by atoms with Gasteiger partial charge in [-0.15, -0.1) is 0 Å². The molecule has 0 aliphatic rings. The van der Waals surface area contributed by atoms with E-state index in [1.54, 1.807) is 0 Å². The molecule has 0 spiro atoms. The van der Waals surface area contributed by atoms with Crippen molar-refractivity contribution in [3.05, 3.63) is 41.6 Å². The van der Waals surface area contributed by atoms with Crippen LogP contribution in [0.1, 0.15) is 11.1 Å². The van der Waals surface area contributed by atoms with Crippen LogP contribution in [0.2, 0.25) is 0 Å². The number of carbonyl (C=O) groups excluding carboxylic acids is 1. The van der Waals surface area contributed by atoms with Crippen LogP contribution in [0, 0.1) is 0 Å². The molecule has 1 aromatic carbocycles. The highest BCUT2D eigenvalue weighted by molar-refractivity contribution is 5.65. The molecule has 0 bridgehead atoms. The van der Waals surface area contributed by atoms with Crippen LogP contribution >= 0.6 is 0 Å². The van der Waals surface area contributed by atoms with E-state index in [0.717, 1.165) is 6.07 Å². The van der Waals surface area contributed by atoms with E-state index in [-0.39, 0.29) is 30.8 Å². The Balaban J connectivity index is 2.38. The van der Waals surface area contributed by atoms with Gasteiger partial charge in [0.15, 0.2) is 5.76 Å². The fourth-order valence-electron chi connectivity index (χ4n) is 1.81. The topological polar surface area (TPSA) is 52.3 Å². The molecule has 0 radical (unpaired) electrons. The van der Waals surface area contributed by atoms with Crippen LogP contribution in [-0.4, -0.2) is 18.2 Å². The minimum atomic E-state index is -4.49. The van der Waals surface area contributed by atoms with Gasteiger partial charge in [0.1, 0.15) is 0 Å². The molecule has 0 saturated carbocycles. The summed E-state index contributed by atoms with van der Waals surface area (Å²) in [6.45, 7) is 0.322. The summed E-state index contributed by atoms with van der Waals surface area (Å²) in [5.41, 5.74) is -0.434. The molecule has 4 nitrogen and oxygen atoms in total. The molecule has 2 aromatic rings. The van der Waals surface area contributed by atoms with Crippen molar-refractivity contribution in [1.82, 2.24) is 5.16 Å². The van der Waals surface area contributed by atoms with Crippen LogP contribution < -0.4 is 0 Å². The number of ether oxygens (including phenoxy) is 1. The van der Waals surface area contributed by atoms with Crippen molar-refractivity contribution >= 4 is 6.47 Å². The summed E-state index contributed by atoms with van der Waals surface area (Å²) in [5, 5.41) is 3.51. The molecule has 0 atom stereocenters. The van der Waals surface area contributed by atoms with Gasteiger partial charge in [-0.25, -0.2) is 0 Å². The third-order valence-corrected chi connectivity index (χ3v) is 2.68. The van der Waals surface area contributed by atoms with Crippen molar-refractivity contribution in [3.8, 4) is 11.3 Å². The van der Waals surface area contributed by atoms with Gasteiger partial charge in [0.25, 0.3) is 6.47 Å². The fraction of sp³-hybridized carbons (Fsp3) is 0.231. The second kappa shape index (κ2) is 5.77. The Labute approximate surface area is 112 Å². The van der Waals surface area contributed by atoms with E-state index >= 15 is 0 Å². The molecule has 0 aliphatic heterocycles. The predicted molar refractivity (Wildman–Crippen MR) is 62.7 cm³/mol. The van der Waals surface area contributed by atoms with Gasteiger partial charge < -0.3 is 9.26 Å². The first-order valence-electron chi connectivity index (χ1n) is 5.69. The van der Waals surface area contributed by atoms with Crippen LogP contribution in [0.3, 0.4) is 0 Å². The number of halogens is 3. The largest absolute Gasteiger partial charge is 0.468 e. The Hall–Kier alpha value is -2.31. The second-order valence-corrected chi connectivity index (χ2v) is 3.94. The molecule has 106 valence electrons. The summed E-state index contributed by atoms with van der Waals surface area (Å²) in [6.07, 6.45) is -2.94. The van der Waals surface area contributed by atoms with Gasteiger partial charge in [-0.3, -0.25) is 4.79 Å². The Morgan fingerprint density at radius 1 is 1.30 bits per heavy atom. The van der Waals surface area contributed by atoms with Gasteiger partial charge >= 0.3 is 6.18 Å². The average molecular weight is 285 g/mol. The van der Waals surface area contributed by atoms with Crippen LogP contribution in [-0.2, 0) is 22.1 Å². The molecule has 0 amide bonds. The number of aromatic nitrogens is 1. The summed E-state index contributed by atoms with van der Waals surface area (Å²) in [7, 11) is 0. The SMILES string of the molecule is O=COCCc1cnoc1-c1ccccc1C(F)(F)F. The fourth-order valence-corrected chi connectivity index (χ4v) is 1.81. The van der Waals surface area contributed by atoms with E-state index in [1.165, 1.54) is 24.4 Å². The number of hydrogen-bond donors (Lipinski definition) is 0. The molecular formula is C13H10F3NO3. The van der Waals surface area contributed by atoms with Crippen LogP contribution in [0.25, 0.3) is 11.3 Å². The zero-order valence-corrected chi connectivity index (χ0v) is 10.2. The van der Waals surface area contributed by atoms with Gasteiger partial charge in [-0.05, 0) is 6.07 Å². The van der Waals surface area contributed by atoms with Gasteiger partial charge in [0.2, 0.25) is 0 Å². The monoisotopic (exact) mass is 285 g/mol. The van der Waals surface area contributed by atoms with Crippen molar-refractivity contribution in [2.24, 2.45) is 0 Å². The Morgan fingerprint density at radius 2 is 2.05 bits per heavy atom. The maximum Gasteiger partial charge on any atom is 0.417 e. The maximum atomic E-state index is 12.9. The zero-order chi connectivity index (χ0) is 14.6. The molecule has 2 rings (SSSR count). The number of nitrogens with zero attached hydrogens (tertiary/aromatic N) is 1. The normalized spacial score (nSPS) is 11.3. The lowest BCUT2D eigenvalue weighted by Gasteiger charge is -2.11. The van der Waals surface area contributed by atoms with Crippen molar-refractivity contribution < 1.29 is 27.2 Å². The van der Waals surface area contributed by atoms with Gasteiger partial charge in [0.05, 0.1) is 18.4 Å². The number of hydrogen-bond acceptors (Lipinski definition) is 4. The van der Waals surface area contributed by atoms with E-state index < -0.39 is 11.7 Å². The standard InChI is InChI=1S/C13H10F3NO3/c14-13(15,16)11-4-2-1-3-10(11)12-9(7-17-20-12)5-6-19-8-18/h1-4,7-8H,5-6H2. The van der Waals surface area contributed by atoms with Gasteiger partial charge in [-0.2, -0.15) is 13.2 Å². The highest BCUT2D eigenvalue weighted by atomic mass is 19.4. The number of alkyl halides is 3. The first-order chi connectivity index (χ1) is 9.54. The molecule has 7 heteroatoms. The van der Waals surface area contributed by atoms with Crippen molar-refractivity contribution in [1.29, 1.82) is 0 Å². The van der Waals surface area contributed by atoms with Crippen LogP contribution in [0.4, 0.5) is 13.2 Å². The van der Waals surface area contributed by atoms with E-state index in [0.29, 0.717) is 5.56 Å². The molecule has 0 N–H and O–H groups in total. The van der Waals surface area contributed by atoms with Gasteiger partial charge in [0, 0.05) is 17.5 Å². The summed E-state index contributed by atoms with van der Waals surface area (Å²) in [6, 6.07) is 5.08. The lowest BCUT2D eigenvalue weighted by molar-refractivity contribution is -0.137. The van der Waals surface area contributed by atoms with E-state index in [1.807, 2.05) is 0 Å². The quantitative estimate of drug-likeness (QED) is 0.625. The highest BCUT2D eigenvalue weighted by Crippen LogP contribution is 2.38. The van der Waals surface area contributed by atoms with E-state index in [4.69, 9.17) is 4.52 Å². The van der Waals surface area contributed by atoms with E-state index in [2.05, 4.69) is 9.89 Å².